The molecule has 0 fully saturated rings. The first kappa shape index (κ1) is 13.1. The number of oxazole rings is 1. The van der Waals surface area contributed by atoms with Gasteiger partial charge in [0.1, 0.15) is 12.0 Å². The number of aromatic nitrogens is 1. The van der Waals surface area contributed by atoms with Crippen LogP contribution >= 0.6 is 0 Å². The average molecular weight is 275 g/mol. The lowest BCUT2D eigenvalue weighted by molar-refractivity contribution is -0.104. The Balaban J connectivity index is 2.15. The molecule has 0 saturated heterocycles. The molecule has 0 N–H and O–H groups in total. The summed E-state index contributed by atoms with van der Waals surface area (Å²) in [7, 11) is 0. The molecule has 0 amide bonds. The maximum Gasteiger partial charge on any atom is 0.220 e. The SMILES string of the molecule is O=C/C=C/c1nc(-c2ccccc2)c(-c2ccccc2)o1. The van der Waals surface area contributed by atoms with E-state index in [1.807, 2.05) is 60.7 Å². The summed E-state index contributed by atoms with van der Waals surface area (Å²) in [5.41, 5.74) is 2.70. The van der Waals surface area contributed by atoms with Crippen LogP contribution in [0, 0.1) is 0 Å². The Morgan fingerprint density at radius 3 is 2.10 bits per heavy atom. The molecule has 3 heteroatoms. The fraction of sp³-hybridized carbons (Fsp3) is 0. The average Bonchev–Trinajstić information content (AvgIpc) is 2.99. The Kier molecular flexibility index (Phi) is 3.74. The molecular weight excluding hydrogens is 262 g/mol. The minimum atomic E-state index is 0.416. The Morgan fingerprint density at radius 2 is 1.48 bits per heavy atom. The van der Waals surface area contributed by atoms with Crippen LogP contribution in [-0.4, -0.2) is 11.3 Å². The minimum Gasteiger partial charge on any atom is -0.436 e. The lowest BCUT2D eigenvalue weighted by Crippen LogP contribution is -1.81. The molecule has 3 nitrogen and oxygen atoms in total. The first-order valence-corrected chi connectivity index (χ1v) is 6.62. The van der Waals surface area contributed by atoms with E-state index in [1.54, 1.807) is 6.08 Å². The molecule has 3 aromatic rings. The van der Waals surface area contributed by atoms with Crippen LogP contribution < -0.4 is 0 Å². The summed E-state index contributed by atoms with van der Waals surface area (Å²) < 4.78 is 5.80. The highest BCUT2D eigenvalue weighted by Gasteiger charge is 2.15. The molecule has 102 valence electrons. The lowest BCUT2D eigenvalue weighted by atomic mass is 10.1. The molecular formula is C18H13NO2. The van der Waals surface area contributed by atoms with E-state index < -0.39 is 0 Å². The Hall–Kier alpha value is -2.94. The number of carbonyl (C=O) groups is 1. The van der Waals surface area contributed by atoms with E-state index in [-0.39, 0.29) is 0 Å². The summed E-state index contributed by atoms with van der Waals surface area (Å²) in [6.07, 6.45) is 3.63. The van der Waals surface area contributed by atoms with Crippen molar-refractivity contribution < 1.29 is 9.21 Å². The Labute approximate surface area is 122 Å². The van der Waals surface area contributed by atoms with Crippen molar-refractivity contribution in [2.75, 3.05) is 0 Å². The van der Waals surface area contributed by atoms with Crippen LogP contribution in [0.1, 0.15) is 5.89 Å². The van der Waals surface area contributed by atoms with Crippen LogP contribution in [0.3, 0.4) is 0 Å². The predicted octanol–water partition coefficient (Wildman–Crippen LogP) is 4.22. The second kappa shape index (κ2) is 6.01. The standard InChI is InChI=1S/C18H13NO2/c20-13-7-12-16-19-17(14-8-3-1-4-9-14)18(21-16)15-10-5-2-6-11-15/h1-13H/b12-7+. The molecule has 0 bridgehead atoms. The summed E-state index contributed by atoms with van der Waals surface area (Å²) in [5, 5.41) is 0. The van der Waals surface area contributed by atoms with Crippen LogP contribution in [0.2, 0.25) is 0 Å². The van der Waals surface area contributed by atoms with Gasteiger partial charge in [-0.25, -0.2) is 4.98 Å². The second-order valence-corrected chi connectivity index (χ2v) is 4.46. The summed E-state index contributed by atoms with van der Waals surface area (Å²) >= 11 is 0. The normalized spacial score (nSPS) is 10.9. The topological polar surface area (TPSA) is 43.1 Å². The molecule has 0 unspecified atom stereocenters. The molecule has 0 saturated carbocycles. The zero-order valence-electron chi connectivity index (χ0n) is 11.3. The van der Waals surface area contributed by atoms with Crippen LogP contribution in [0.4, 0.5) is 0 Å². The number of carbonyl (C=O) groups excluding carboxylic acids is 1. The van der Waals surface area contributed by atoms with Crippen molar-refractivity contribution in [1.29, 1.82) is 0 Å². The van der Waals surface area contributed by atoms with Crippen molar-refractivity contribution >= 4 is 12.4 Å². The second-order valence-electron chi connectivity index (χ2n) is 4.46. The molecule has 0 atom stereocenters. The molecule has 1 aromatic heterocycles. The monoisotopic (exact) mass is 275 g/mol. The fourth-order valence-corrected chi connectivity index (χ4v) is 2.11. The van der Waals surface area contributed by atoms with Gasteiger partial charge < -0.3 is 4.42 Å². The Morgan fingerprint density at radius 1 is 0.857 bits per heavy atom. The molecule has 1 heterocycles. The number of allylic oxidation sites excluding steroid dienone is 1. The van der Waals surface area contributed by atoms with Gasteiger partial charge in [-0.05, 0) is 6.08 Å². The minimum absolute atomic E-state index is 0.416. The third kappa shape index (κ3) is 2.82. The molecule has 3 rings (SSSR count). The third-order valence-corrected chi connectivity index (χ3v) is 3.04. The number of aldehydes is 1. The van der Waals surface area contributed by atoms with Crippen LogP contribution in [0.5, 0.6) is 0 Å². The summed E-state index contributed by atoms with van der Waals surface area (Å²) in [4.78, 5) is 14.9. The van der Waals surface area contributed by atoms with Gasteiger partial charge in [0.05, 0.1) is 0 Å². The first-order valence-electron chi connectivity index (χ1n) is 6.62. The van der Waals surface area contributed by atoms with Crippen molar-refractivity contribution in [2.45, 2.75) is 0 Å². The molecule has 21 heavy (non-hydrogen) atoms. The summed E-state index contributed by atoms with van der Waals surface area (Å²) in [6.45, 7) is 0. The van der Waals surface area contributed by atoms with Gasteiger partial charge in [0.15, 0.2) is 5.76 Å². The fourth-order valence-electron chi connectivity index (χ4n) is 2.11. The number of hydrogen-bond acceptors (Lipinski definition) is 3. The van der Waals surface area contributed by atoms with Gasteiger partial charge in [-0.15, -0.1) is 0 Å². The van der Waals surface area contributed by atoms with Gasteiger partial charge >= 0.3 is 0 Å². The van der Waals surface area contributed by atoms with Gasteiger partial charge in [-0.1, -0.05) is 60.7 Å². The number of rotatable bonds is 4. The zero-order valence-corrected chi connectivity index (χ0v) is 11.3. The van der Waals surface area contributed by atoms with E-state index in [2.05, 4.69) is 4.98 Å². The first-order chi connectivity index (χ1) is 10.4. The zero-order chi connectivity index (χ0) is 14.5. The molecule has 0 spiro atoms. The van der Waals surface area contributed by atoms with E-state index in [0.717, 1.165) is 16.8 Å². The highest BCUT2D eigenvalue weighted by Crippen LogP contribution is 2.32. The number of benzene rings is 2. The van der Waals surface area contributed by atoms with Gasteiger partial charge in [0, 0.05) is 17.2 Å². The van der Waals surface area contributed by atoms with Crippen molar-refractivity contribution in [3.05, 3.63) is 72.6 Å². The van der Waals surface area contributed by atoms with Gasteiger partial charge in [0.2, 0.25) is 5.89 Å². The van der Waals surface area contributed by atoms with Crippen LogP contribution in [0.15, 0.2) is 71.2 Å². The van der Waals surface area contributed by atoms with Crippen LogP contribution in [0.25, 0.3) is 28.7 Å². The molecule has 2 aromatic carbocycles. The predicted molar refractivity (Wildman–Crippen MR) is 82.5 cm³/mol. The van der Waals surface area contributed by atoms with Crippen molar-refractivity contribution in [3.8, 4) is 22.6 Å². The van der Waals surface area contributed by atoms with Gasteiger partial charge in [-0.3, -0.25) is 4.79 Å². The summed E-state index contributed by atoms with van der Waals surface area (Å²) in [5.74, 6) is 1.12. The van der Waals surface area contributed by atoms with Crippen molar-refractivity contribution in [3.63, 3.8) is 0 Å². The van der Waals surface area contributed by atoms with Gasteiger partial charge in [0.25, 0.3) is 0 Å². The van der Waals surface area contributed by atoms with E-state index >= 15 is 0 Å². The van der Waals surface area contributed by atoms with E-state index in [0.29, 0.717) is 17.9 Å². The quantitative estimate of drug-likeness (QED) is 0.529. The van der Waals surface area contributed by atoms with Crippen LogP contribution in [-0.2, 0) is 4.79 Å². The maximum absolute atomic E-state index is 10.5. The maximum atomic E-state index is 10.5. The van der Waals surface area contributed by atoms with Crippen molar-refractivity contribution in [2.24, 2.45) is 0 Å². The lowest BCUT2D eigenvalue weighted by Gasteiger charge is -2.00. The number of hydrogen-bond donors (Lipinski definition) is 0. The van der Waals surface area contributed by atoms with E-state index in [9.17, 15) is 4.79 Å². The Bertz CT molecular complexity index is 701. The largest absolute Gasteiger partial charge is 0.436 e. The highest BCUT2D eigenvalue weighted by molar-refractivity contribution is 5.78. The molecule has 0 aliphatic rings. The van der Waals surface area contributed by atoms with Crippen molar-refractivity contribution in [1.82, 2.24) is 4.98 Å². The highest BCUT2D eigenvalue weighted by atomic mass is 16.4. The smallest absolute Gasteiger partial charge is 0.220 e. The summed E-state index contributed by atoms with van der Waals surface area (Å²) in [6, 6.07) is 19.6. The molecule has 0 aliphatic carbocycles. The number of nitrogens with zero attached hydrogens (tertiary/aromatic N) is 1. The van der Waals surface area contributed by atoms with E-state index in [1.165, 1.54) is 6.08 Å². The van der Waals surface area contributed by atoms with Gasteiger partial charge in [-0.2, -0.15) is 0 Å². The third-order valence-electron chi connectivity index (χ3n) is 3.04. The van der Waals surface area contributed by atoms with E-state index in [4.69, 9.17) is 4.42 Å². The molecule has 0 radical (unpaired) electrons. The molecule has 0 aliphatic heterocycles.